The van der Waals surface area contributed by atoms with Crippen LogP contribution in [0.25, 0.3) is 0 Å². The molecular formula is C26H27N3O2. The first-order valence-electron chi connectivity index (χ1n) is 10.7. The van der Waals surface area contributed by atoms with Crippen LogP contribution in [0.5, 0.6) is 0 Å². The summed E-state index contributed by atoms with van der Waals surface area (Å²) in [5, 5.41) is 2.98. The minimum atomic E-state index is -0.144. The maximum atomic E-state index is 13.0. The van der Waals surface area contributed by atoms with E-state index in [0.717, 1.165) is 30.5 Å². The number of nitrogens with zero attached hydrogens (tertiary/aromatic N) is 2. The molecule has 0 unspecified atom stereocenters. The van der Waals surface area contributed by atoms with Gasteiger partial charge in [-0.25, -0.2) is 4.79 Å². The number of aryl methyl sites for hydroxylation is 1. The van der Waals surface area contributed by atoms with Gasteiger partial charge < -0.3 is 10.2 Å². The van der Waals surface area contributed by atoms with Crippen molar-refractivity contribution in [2.45, 2.75) is 25.8 Å². The maximum absolute atomic E-state index is 13.0. The summed E-state index contributed by atoms with van der Waals surface area (Å²) in [4.78, 5) is 29.2. The van der Waals surface area contributed by atoms with Crippen molar-refractivity contribution in [3.8, 4) is 0 Å². The van der Waals surface area contributed by atoms with Crippen LogP contribution < -0.4 is 10.2 Å². The van der Waals surface area contributed by atoms with Crippen molar-refractivity contribution in [3.05, 3.63) is 95.6 Å². The Labute approximate surface area is 183 Å². The molecular weight excluding hydrogens is 386 g/mol. The number of anilines is 2. The molecule has 0 saturated heterocycles. The molecule has 3 aromatic rings. The van der Waals surface area contributed by atoms with Crippen molar-refractivity contribution in [1.82, 2.24) is 4.90 Å². The van der Waals surface area contributed by atoms with Gasteiger partial charge in [0.15, 0.2) is 0 Å². The fraction of sp³-hybridized carbons (Fsp3) is 0.231. The van der Waals surface area contributed by atoms with Crippen LogP contribution in [0.1, 0.15) is 34.3 Å². The number of carbonyl (C=O) groups excluding carboxylic acids is 2. The molecule has 0 spiro atoms. The molecule has 0 bridgehead atoms. The molecule has 0 fully saturated rings. The minimum absolute atomic E-state index is 0.0526. The van der Waals surface area contributed by atoms with Gasteiger partial charge in [-0.3, -0.25) is 9.69 Å². The predicted octanol–water partition coefficient (Wildman–Crippen LogP) is 5.33. The largest absolute Gasteiger partial charge is 0.337 e. The summed E-state index contributed by atoms with van der Waals surface area (Å²) in [5.74, 6) is -0.0526. The summed E-state index contributed by atoms with van der Waals surface area (Å²) in [6.45, 7) is 1.25. The first-order valence-corrected chi connectivity index (χ1v) is 10.7. The van der Waals surface area contributed by atoms with Gasteiger partial charge in [-0.1, -0.05) is 48.5 Å². The van der Waals surface area contributed by atoms with Gasteiger partial charge in [0.2, 0.25) is 0 Å². The van der Waals surface area contributed by atoms with Crippen molar-refractivity contribution in [2.24, 2.45) is 0 Å². The fourth-order valence-electron chi connectivity index (χ4n) is 3.94. The maximum Gasteiger partial charge on any atom is 0.326 e. The second-order valence-electron chi connectivity index (χ2n) is 7.89. The molecule has 0 atom stereocenters. The van der Waals surface area contributed by atoms with Crippen LogP contribution in [0, 0.1) is 0 Å². The third-order valence-corrected chi connectivity index (χ3v) is 5.60. The van der Waals surface area contributed by atoms with Crippen molar-refractivity contribution in [2.75, 3.05) is 23.8 Å². The lowest BCUT2D eigenvalue weighted by Crippen LogP contribution is -2.35. The van der Waals surface area contributed by atoms with Crippen molar-refractivity contribution in [1.29, 1.82) is 0 Å². The highest BCUT2D eigenvalue weighted by Gasteiger charge is 2.21. The van der Waals surface area contributed by atoms with Gasteiger partial charge in [0.1, 0.15) is 0 Å². The summed E-state index contributed by atoms with van der Waals surface area (Å²) < 4.78 is 0. The number of urea groups is 1. The smallest absolute Gasteiger partial charge is 0.326 e. The number of hydrogen-bond donors (Lipinski definition) is 1. The average Bonchev–Trinajstić information content (AvgIpc) is 3.02. The molecule has 1 heterocycles. The van der Waals surface area contributed by atoms with Gasteiger partial charge in [-0.15, -0.1) is 0 Å². The van der Waals surface area contributed by atoms with Crippen LogP contribution in [-0.2, 0) is 13.0 Å². The van der Waals surface area contributed by atoms with E-state index in [-0.39, 0.29) is 11.9 Å². The van der Waals surface area contributed by atoms with Crippen LogP contribution in [0.4, 0.5) is 16.2 Å². The normalized spacial score (nSPS) is 13.1. The first kappa shape index (κ1) is 20.7. The average molecular weight is 414 g/mol. The summed E-state index contributed by atoms with van der Waals surface area (Å²) in [6, 6.07) is 24.9. The highest BCUT2D eigenvalue weighted by molar-refractivity contribution is 6.02. The second kappa shape index (κ2) is 9.47. The Hall–Kier alpha value is -3.60. The number of nitrogens with one attached hydrogen (secondary N) is 1. The van der Waals surface area contributed by atoms with Gasteiger partial charge in [-0.05, 0) is 60.7 Å². The van der Waals surface area contributed by atoms with Crippen molar-refractivity contribution < 1.29 is 9.59 Å². The lowest BCUT2D eigenvalue weighted by Gasteiger charge is -2.23. The second-order valence-corrected chi connectivity index (χ2v) is 7.89. The molecule has 0 saturated carbocycles. The van der Waals surface area contributed by atoms with E-state index < -0.39 is 0 Å². The van der Waals surface area contributed by atoms with Crippen LogP contribution in [0.3, 0.4) is 0 Å². The van der Waals surface area contributed by atoms with Gasteiger partial charge in [-0.2, -0.15) is 0 Å². The van der Waals surface area contributed by atoms with E-state index in [0.29, 0.717) is 24.3 Å². The fourth-order valence-corrected chi connectivity index (χ4v) is 3.94. The lowest BCUT2D eigenvalue weighted by atomic mass is 10.1. The summed E-state index contributed by atoms with van der Waals surface area (Å²) in [5.41, 5.74) is 4.54. The van der Waals surface area contributed by atoms with Gasteiger partial charge >= 0.3 is 6.03 Å². The van der Waals surface area contributed by atoms with E-state index in [1.54, 1.807) is 36.2 Å². The molecule has 3 amide bonds. The predicted molar refractivity (Wildman–Crippen MR) is 124 cm³/mol. The van der Waals surface area contributed by atoms with E-state index >= 15 is 0 Å². The van der Waals surface area contributed by atoms with Crippen molar-refractivity contribution >= 4 is 23.3 Å². The monoisotopic (exact) mass is 413 g/mol. The standard InChI is InChI=1S/C26H27N3O2/c1-28(19-20-9-3-2-4-10-20)25(30)22-14-16-23(17-15-22)27-26(31)29-18-8-7-12-21-11-5-6-13-24(21)29/h2-6,9-11,13-17H,7-8,12,18-19H2,1H3,(H,27,31). The molecule has 5 heteroatoms. The molecule has 0 aromatic heterocycles. The van der Waals surface area contributed by atoms with Crippen LogP contribution in [-0.4, -0.2) is 30.4 Å². The molecule has 0 radical (unpaired) electrons. The van der Waals surface area contributed by atoms with E-state index in [1.807, 2.05) is 53.4 Å². The third kappa shape index (κ3) is 4.94. The van der Waals surface area contributed by atoms with Crippen molar-refractivity contribution in [3.63, 3.8) is 0 Å². The Bertz CT molecular complexity index is 1050. The Kier molecular flexibility index (Phi) is 6.32. The van der Waals surface area contributed by atoms with Gasteiger partial charge in [0.05, 0.1) is 0 Å². The Morgan fingerprint density at radius 3 is 2.39 bits per heavy atom. The topological polar surface area (TPSA) is 52.7 Å². The summed E-state index contributed by atoms with van der Waals surface area (Å²) in [6.07, 6.45) is 3.05. The summed E-state index contributed by atoms with van der Waals surface area (Å²) >= 11 is 0. The first-order chi connectivity index (χ1) is 15.1. The van der Waals surface area contributed by atoms with E-state index in [1.165, 1.54) is 5.56 Å². The Balaban J connectivity index is 1.41. The molecule has 1 N–H and O–H groups in total. The van der Waals surface area contributed by atoms with Gasteiger partial charge in [0.25, 0.3) is 5.91 Å². The Morgan fingerprint density at radius 1 is 0.903 bits per heavy atom. The highest BCUT2D eigenvalue weighted by atomic mass is 16.2. The number of para-hydroxylation sites is 1. The number of amides is 3. The number of benzene rings is 3. The van der Waals surface area contributed by atoms with Gasteiger partial charge in [0, 0.05) is 37.1 Å². The van der Waals surface area contributed by atoms with Crippen LogP contribution in [0.15, 0.2) is 78.9 Å². The number of hydrogen-bond acceptors (Lipinski definition) is 2. The summed E-state index contributed by atoms with van der Waals surface area (Å²) in [7, 11) is 1.79. The van der Waals surface area contributed by atoms with E-state index in [4.69, 9.17) is 0 Å². The Morgan fingerprint density at radius 2 is 1.61 bits per heavy atom. The number of carbonyl (C=O) groups is 2. The zero-order valence-electron chi connectivity index (χ0n) is 17.8. The lowest BCUT2D eigenvalue weighted by molar-refractivity contribution is 0.0785. The highest BCUT2D eigenvalue weighted by Crippen LogP contribution is 2.26. The zero-order valence-corrected chi connectivity index (χ0v) is 17.8. The van der Waals surface area contributed by atoms with E-state index in [2.05, 4.69) is 11.4 Å². The molecule has 5 nitrogen and oxygen atoms in total. The number of rotatable bonds is 4. The van der Waals surface area contributed by atoms with E-state index in [9.17, 15) is 9.59 Å². The zero-order chi connectivity index (χ0) is 21.6. The molecule has 0 aliphatic carbocycles. The molecule has 1 aliphatic heterocycles. The number of fused-ring (bicyclic) bond motifs is 1. The quantitative estimate of drug-likeness (QED) is 0.628. The molecule has 158 valence electrons. The molecule has 31 heavy (non-hydrogen) atoms. The molecule has 1 aliphatic rings. The molecule has 3 aromatic carbocycles. The third-order valence-electron chi connectivity index (χ3n) is 5.60. The minimum Gasteiger partial charge on any atom is -0.337 e. The molecule has 4 rings (SSSR count). The van der Waals surface area contributed by atoms with Crippen LogP contribution in [0.2, 0.25) is 0 Å². The SMILES string of the molecule is CN(Cc1ccccc1)C(=O)c1ccc(NC(=O)N2CCCCc3ccccc32)cc1. The van der Waals surface area contributed by atoms with Crippen LogP contribution >= 0.6 is 0 Å².